The van der Waals surface area contributed by atoms with Gasteiger partial charge in [0.15, 0.2) is 4.90 Å². The second kappa shape index (κ2) is 9.19. The molecule has 0 aliphatic heterocycles. The lowest BCUT2D eigenvalue weighted by Gasteiger charge is -2.10. The molecular formula is C16H16F2N4O5S. The summed E-state index contributed by atoms with van der Waals surface area (Å²) in [5.41, 5.74) is 0.535. The molecule has 0 aliphatic carbocycles. The minimum absolute atomic E-state index is 0.0579. The molecule has 2 aromatic carbocycles. The van der Waals surface area contributed by atoms with E-state index in [9.17, 15) is 32.1 Å². The van der Waals surface area contributed by atoms with Crippen LogP contribution in [0.1, 0.15) is 0 Å². The Balaban J connectivity index is 1.77. The highest BCUT2D eigenvalue weighted by molar-refractivity contribution is 7.89. The topological polar surface area (TPSA) is 130 Å². The summed E-state index contributed by atoms with van der Waals surface area (Å²) in [4.78, 5) is 20.6. The van der Waals surface area contributed by atoms with Crippen molar-refractivity contribution in [1.82, 2.24) is 10.0 Å². The number of carbonyl (C=O) groups excluding carboxylic acids is 1. The van der Waals surface area contributed by atoms with Crippen LogP contribution in [-0.4, -0.2) is 38.9 Å². The fraction of sp³-hybridized carbons (Fsp3) is 0.188. The fourth-order valence-electron chi connectivity index (χ4n) is 2.14. The summed E-state index contributed by atoms with van der Waals surface area (Å²) in [6, 6.07) is 8.24. The van der Waals surface area contributed by atoms with Crippen molar-refractivity contribution in [1.29, 1.82) is 0 Å². The highest BCUT2D eigenvalue weighted by Crippen LogP contribution is 2.17. The van der Waals surface area contributed by atoms with Crippen LogP contribution in [0.15, 0.2) is 47.4 Å². The molecule has 0 bridgehead atoms. The van der Waals surface area contributed by atoms with E-state index >= 15 is 0 Å². The van der Waals surface area contributed by atoms with Gasteiger partial charge >= 0.3 is 0 Å². The number of nitrogens with one attached hydrogen (secondary N) is 3. The van der Waals surface area contributed by atoms with E-state index in [0.717, 1.165) is 18.2 Å². The largest absolute Gasteiger partial charge is 0.383 e. The molecule has 12 heteroatoms. The van der Waals surface area contributed by atoms with E-state index in [2.05, 4.69) is 10.6 Å². The van der Waals surface area contributed by atoms with Crippen LogP contribution < -0.4 is 15.4 Å². The number of carbonyl (C=O) groups is 1. The number of hydrogen-bond donors (Lipinski definition) is 3. The van der Waals surface area contributed by atoms with Crippen molar-refractivity contribution in [3.63, 3.8) is 0 Å². The van der Waals surface area contributed by atoms with Gasteiger partial charge in [0.1, 0.15) is 11.6 Å². The smallest absolute Gasteiger partial charge is 0.269 e. The van der Waals surface area contributed by atoms with Crippen LogP contribution in [0.25, 0.3) is 0 Å². The molecule has 0 fully saturated rings. The standard InChI is InChI=1S/C16H16F2N4O5S/c17-13-2-1-3-14(18)16(13)28(26,27)21-10-15(23)20-9-8-19-11-4-6-12(7-5-11)22(24)25/h1-7,19,21H,8-10H2,(H,20,23). The number of benzene rings is 2. The minimum Gasteiger partial charge on any atom is -0.383 e. The normalized spacial score (nSPS) is 11.1. The highest BCUT2D eigenvalue weighted by Gasteiger charge is 2.24. The van der Waals surface area contributed by atoms with Gasteiger partial charge < -0.3 is 10.6 Å². The lowest BCUT2D eigenvalue weighted by atomic mass is 10.3. The molecule has 0 aliphatic rings. The third-order valence-electron chi connectivity index (χ3n) is 3.46. The summed E-state index contributed by atoms with van der Waals surface area (Å²) in [5, 5.41) is 15.9. The molecule has 0 heterocycles. The van der Waals surface area contributed by atoms with Crippen molar-refractivity contribution in [2.45, 2.75) is 4.90 Å². The Hall–Kier alpha value is -3.12. The molecular weight excluding hydrogens is 398 g/mol. The average molecular weight is 414 g/mol. The van der Waals surface area contributed by atoms with Gasteiger partial charge in [-0.3, -0.25) is 14.9 Å². The first-order chi connectivity index (χ1) is 13.2. The van der Waals surface area contributed by atoms with E-state index in [0.29, 0.717) is 5.69 Å². The molecule has 0 saturated heterocycles. The van der Waals surface area contributed by atoms with Crippen molar-refractivity contribution in [2.75, 3.05) is 25.0 Å². The Kier molecular flexibility index (Phi) is 6.95. The zero-order chi connectivity index (χ0) is 20.7. The first kappa shape index (κ1) is 21.2. The number of hydrogen-bond acceptors (Lipinski definition) is 6. The molecule has 28 heavy (non-hydrogen) atoms. The number of non-ortho nitro benzene ring substituents is 1. The van der Waals surface area contributed by atoms with Crippen LogP contribution in [-0.2, 0) is 14.8 Å². The Morgan fingerprint density at radius 3 is 2.21 bits per heavy atom. The molecule has 150 valence electrons. The second-order valence-electron chi connectivity index (χ2n) is 5.46. The lowest BCUT2D eigenvalue weighted by molar-refractivity contribution is -0.384. The van der Waals surface area contributed by atoms with Crippen molar-refractivity contribution in [3.05, 3.63) is 64.2 Å². The van der Waals surface area contributed by atoms with E-state index in [4.69, 9.17) is 0 Å². The van der Waals surface area contributed by atoms with Crippen LogP contribution in [0, 0.1) is 21.7 Å². The molecule has 2 aromatic rings. The van der Waals surface area contributed by atoms with Crippen molar-refractivity contribution >= 4 is 27.3 Å². The Bertz CT molecular complexity index is 947. The first-order valence-electron chi connectivity index (χ1n) is 7.89. The third kappa shape index (κ3) is 5.69. The summed E-state index contributed by atoms with van der Waals surface area (Å²) >= 11 is 0. The number of nitro benzene ring substituents is 1. The zero-order valence-electron chi connectivity index (χ0n) is 14.3. The molecule has 3 N–H and O–H groups in total. The van der Waals surface area contributed by atoms with Gasteiger partial charge in [0, 0.05) is 30.9 Å². The molecule has 0 atom stereocenters. The molecule has 1 amide bonds. The maximum absolute atomic E-state index is 13.5. The van der Waals surface area contributed by atoms with Crippen molar-refractivity contribution in [3.8, 4) is 0 Å². The predicted octanol–water partition coefficient (Wildman–Crippen LogP) is 1.38. The number of nitro groups is 1. The monoisotopic (exact) mass is 414 g/mol. The summed E-state index contributed by atoms with van der Waals surface area (Å²) < 4.78 is 52.8. The first-order valence-corrected chi connectivity index (χ1v) is 9.38. The van der Waals surface area contributed by atoms with E-state index < -0.39 is 43.9 Å². The molecule has 0 aromatic heterocycles. The average Bonchev–Trinajstić information content (AvgIpc) is 2.63. The van der Waals surface area contributed by atoms with Crippen molar-refractivity contribution < 1.29 is 26.9 Å². The summed E-state index contributed by atoms with van der Waals surface area (Å²) in [6.07, 6.45) is 0. The number of sulfonamides is 1. The van der Waals surface area contributed by atoms with Gasteiger partial charge in [0.2, 0.25) is 15.9 Å². The predicted molar refractivity (Wildman–Crippen MR) is 96.1 cm³/mol. The summed E-state index contributed by atoms with van der Waals surface area (Å²) in [6.45, 7) is -0.322. The van der Waals surface area contributed by atoms with E-state index in [1.54, 1.807) is 0 Å². The number of rotatable bonds is 9. The summed E-state index contributed by atoms with van der Waals surface area (Å²) in [7, 11) is -4.53. The second-order valence-corrected chi connectivity index (χ2v) is 7.16. The van der Waals surface area contributed by atoms with Crippen LogP contribution in [0.4, 0.5) is 20.2 Å². The van der Waals surface area contributed by atoms with Gasteiger partial charge in [-0.25, -0.2) is 21.9 Å². The number of halogens is 2. The number of anilines is 1. The Morgan fingerprint density at radius 1 is 1.04 bits per heavy atom. The third-order valence-corrected chi connectivity index (χ3v) is 4.92. The van der Waals surface area contributed by atoms with Crippen LogP contribution in [0.5, 0.6) is 0 Å². The Morgan fingerprint density at radius 2 is 1.64 bits per heavy atom. The minimum atomic E-state index is -4.53. The molecule has 0 saturated carbocycles. The number of nitrogens with zero attached hydrogens (tertiary/aromatic N) is 1. The van der Waals surface area contributed by atoms with Crippen LogP contribution >= 0.6 is 0 Å². The molecule has 9 nitrogen and oxygen atoms in total. The van der Waals surface area contributed by atoms with Gasteiger partial charge in [-0.2, -0.15) is 0 Å². The lowest BCUT2D eigenvalue weighted by Crippen LogP contribution is -2.39. The van der Waals surface area contributed by atoms with E-state index in [1.165, 1.54) is 24.3 Å². The fourth-order valence-corrected chi connectivity index (χ4v) is 3.26. The van der Waals surface area contributed by atoms with Gasteiger partial charge in [-0.15, -0.1) is 0 Å². The zero-order valence-corrected chi connectivity index (χ0v) is 15.1. The maximum atomic E-state index is 13.5. The van der Waals surface area contributed by atoms with Gasteiger partial charge in [-0.1, -0.05) is 6.07 Å². The maximum Gasteiger partial charge on any atom is 0.269 e. The summed E-state index contributed by atoms with van der Waals surface area (Å²) in [5.74, 6) is -3.23. The van der Waals surface area contributed by atoms with Crippen LogP contribution in [0.3, 0.4) is 0 Å². The van der Waals surface area contributed by atoms with Gasteiger partial charge in [-0.05, 0) is 24.3 Å². The molecule has 2 rings (SSSR count). The van der Waals surface area contributed by atoms with Crippen LogP contribution in [0.2, 0.25) is 0 Å². The quantitative estimate of drug-likeness (QED) is 0.323. The molecule has 0 spiro atoms. The van der Waals surface area contributed by atoms with E-state index in [-0.39, 0.29) is 18.8 Å². The van der Waals surface area contributed by atoms with E-state index in [1.807, 2.05) is 4.72 Å². The van der Waals surface area contributed by atoms with Gasteiger partial charge in [0.25, 0.3) is 5.69 Å². The van der Waals surface area contributed by atoms with Crippen molar-refractivity contribution in [2.24, 2.45) is 0 Å². The molecule has 0 unspecified atom stereocenters. The Labute approximate surface area is 159 Å². The SMILES string of the molecule is O=C(CNS(=O)(=O)c1c(F)cccc1F)NCCNc1ccc([N+](=O)[O-])cc1. The number of amides is 1. The van der Waals surface area contributed by atoms with Gasteiger partial charge in [0.05, 0.1) is 11.5 Å². The molecule has 0 radical (unpaired) electrons. The highest BCUT2D eigenvalue weighted by atomic mass is 32.2.